The molecule has 2 amide bonds. The average molecular weight is 381 g/mol. The zero-order chi connectivity index (χ0) is 19.1. The van der Waals surface area contributed by atoms with Gasteiger partial charge in [-0.25, -0.2) is 8.78 Å². The van der Waals surface area contributed by atoms with E-state index in [1.807, 2.05) is 12.1 Å². The molecular formula is C19H19ClF2N2O2. The van der Waals surface area contributed by atoms with Crippen LogP contribution >= 0.6 is 11.6 Å². The molecule has 0 saturated carbocycles. The third-order valence-corrected chi connectivity index (χ3v) is 4.04. The minimum Gasteiger partial charge on any atom is -0.352 e. The van der Waals surface area contributed by atoms with E-state index in [1.165, 1.54) is 0 Å². The lowest BCUT2D eigenvalue weighted by molar-refractivity contribution is -0.130. The van der Waals surface area contributed by atoms with Crippen LogP contribution in [0.5, 0.6) is 0 Å². The Morgan fingerprint density at radius 2 is 1.81 bits per heavy atom. The minimum absolute atomic E-state index is 0.0674. The summed E-state index contributed by atoms with van der Waals surface area (Å²) in [7, 11) is 1.70. The Morgan fingerprint density at radius 3 is 2.46 bits per heavy atom. The predicted octanol–water partition coefficient (Wildman–Crippen LogP) is 3.79. The zero-order valence-corrected chi connectivity index (χ0v) is 15.0. The van der Waals surface area contributed by atoms with Crippen LogP contribution in [-0.4, -0.2) is 30.3 Å². The highest BCUT2D eigenvalue weighted by Crippen LogP contribution is 2.12. The van der Waals surface area contributed by atoms with Gasteiger partial charge in [-0.1, -0.05) is 23.7 Å². The van der Waals surface area contributed by atoms with Crippen LogP contribution in [0.15, 0.2) is 42.5 Å². The number of amides is 2. The molecule has 0 spiro atoms. The van der Waals surface area contributed by atoms with Gasteiger partial charge in [-0.05, 0) is 36.2 Å². The number of benzene rings is 2. The number of nitrogens with one attached hydrogen (secondary N) is 1. The van der Waals surface area contributed by atoms with Crippen molar-refractivity contribution < 1.29 is 18.4 Å². The predicted molar refractivity (Wildman–Crippen MR) is 95.9 cm³/mol. The van der Waals surface area contributed by atoms with Gasteiger partial charge >= 0.3 is 0 Å². The molecule has 0 aromatic heterocycles. The van der Waals surface area contributed by atoms with Crippen molar-refractivity contribution in [2.24, 2.45) is 0 Å². The topological polar surface area (TPSA) is 49.4 Å². The Hall–Kier alpha value is -2.47. The summed E-state index contributed by atoms with van der Waals surface area (Å²) < 4.78 is 26.3. The van der Waals surface area contributed by atoms with Gasteiger partial charge in [-0.3, -0.25) is 9.59 Å². The van der Waals surface area contributed by atoms with E-state index in [0.717, 1.165) is 17.7 Å². The molecule has 0 unspecified atom stereocenters. The van der Waals surface area contributed by atoms with E-state index in [0.29, 0.717) is 24.1 Å². The molecular weight excluding hydrogens is 362 g/mol. The second-order valence-electron chi connectivity index (χ2n) is 5.86. The third kappa shape index (κ3) is 5.81. The van der Waals surface area contributed by atoms with E-state index < -0.39 is 17.5 Å². The fraction of sp³-hybridized carbons (Fsp3) is 0.263. The average Bonchev–Trinajstić information content (AvgIpc) is 2.60. The highest BCUT2D eigenvalue weighted by Gasteiger charge is 2.13. The third-order valence-electron chi connectivity index (χ3n) is 3.79. The number of hydrogen-bond donors (Lipinski definition) is 1. The molecule has 4 nitrogen and oxygen atoms in total. The highest BCUT2D eigenvalue weighted by molar-refractivity contribution is 6.30. The Kier molecular flexibility index (Phi) is 7.09. The van der Waals surface area contributed by atoms with Gasteiger partial charge in [0.05, 0.1) is 5.56 Å². The van der Waals surface area contributed by atoms with Crippen LogP contribution in [0.3, 0.4) is 0 Å². The maximum atomic E-state index is 13.5. The molecule has 0 aliphatic rings. The molecule has 26 heavy (non-hydrogen) atoms. The van der Waals surface area contributed by atoms with Crippen LogP contribution in [0.1, 0.15) is 28.8 Å². The van der Waals surface area contributed by atoms with E-state index in [4.69, 9.17) is 11.6 Å². The zero-order valence-electron chi connectivity index (χ0n) is 14.3. The molecule has 0 aliphatic carbocycles. The smallest absolute Gasteiger partial charge is 0.254 e. The molecule has 0 saturated heterocycles. The Bertz CT molecular complexity index is 782. The molecule has 0 heterocycles. The first-order chi connectivity index (χ1) is 12.4. The van der Waals surface area contributed by atoms with Crippen molar-refractivity contribution in [3.8, 4) is 0 Å². The van der Waals surface area contributed by atoms with Crippen molar-refractivity contribution in [2.45, 2.75) is 19.4 Å². The molecule has 2 aromatic rings. The van der Waals surface area contributed by atoms with Crippen LogP contribution in [0, 0.1) is 11.6 Å². The van der Waals surface area contributed by atoms with Gasteiger partial charge < -0.3 is 10.2 Å². The van der Waals surface area contributed by atoms with Gasteiger partial charge in [0.2, 0.25) is 5.91 Å². The summed E-state index contributed by atoms with van der Waals surface area (Å²) in [5.74, 6) is -2.36. The molecule has 2 aromatic carbocycles. The van der Waals surface area contributed by atoms with Gasteiger partial charge in [-0.15, -0.1) is 0 Å². The standard InChI is InChI=1S/C19H19ClF2N2O2/c1-24(12-13-4-6-14(20)7-5-13)18(25)3-2-10-23-19(26)16-9-8-15(21)11-17(16)22/h4-9,11H,2-3,10,12H2,1H3,(H,23,26). The normalized spacial score (nSPS) is 10.5. The van der Waals surface area contributed by atoms with Crippen LogP contribution < -0.4 is 5.32 Å². The number of halogens is 3. The second-order valence-corrected chi connectivity index (χ2v) is 6.30. The summed E-state index contributed by atoms with van der Waals surface area (Å²) >= 11 is 5.83. The molecule has 0 radical (unpaired) electrons. The SMILES string of the molecule is CN(Cc1ccc(Cl)cc1)C(=O)CCCNC(=O)c1ccc(F)cc1F. The summed E-state index contributed by atoms with van der Waals surface area (Å²) in [5, 5.41) is 3.16. The van der Waals surface area contributed by atoms with Crippen molar-refractivity contribution in [2.75, 3.05) is 13.6 Å². The van der Waals surface area contributed by atoms with Crippen molar-refractivity contribution in [3.63, 3.8) is 0 Å². The number of carbonyl (C=O) groups excluding carboxylic acids is 2. The minimum atomic E-state index is -0.915. The van der Waals surface area contributed by atoms with Crippen molar-refractivity contribution in [1.29, 1.82) is 0 Å². The monoisotopic (exact) mass is 380 g/mol. The Labute approximate surface area is 155 Å². The first-order valence-electron chi connectivity index (χ1n) is 8.08. The van der Waals surface area contributed by atoms with E-state index in [-0.39, 0.29) is 24.4 Å². The lowest BCUT2D eigenvalue weighted by Crippen LogP contribution is -2.29. The van der Waals surface area contributed by atoms with Crippen LogP contribution in [0.2, 0.25) is 5.02 Å². The number of hydrogen-bond acceptors (Lipinski definition) is 2. The lowest BCUT2D eigenvalue weighted by atomic mass is 10.2. The summed E-state index contributed by atoms with van der Waals surface area (Å²) in [4.78, 5) is 25.5. The fourth-order valence-electron chi connectivity index (χ4n) is 2.35. The van der Waals surface area contributed by atoms with Gasteiger partial charge in [-0.2, -0.15) is 0 Å². The summed E-state index contributed by atoms with van der Waals surface area (Å²) in [6, 6.07) is 9.99. The first-order valence-corrected chi connectivity index (χ1v) is 8.46. The summed E-state index contributed by atoms with van der Waals surface area (Å²) in [6.45, 7) is 0.680. The molecule has 0 aliphatic heterocycles. The van der Waals surface area contributed by atoms with Crippen molar-refractivity contribution >= 4 is 23.4 Å². The van der Waals surface area contributed by atoms with E-state index in [1.54, 1.807) is 24.1 Å². The second kappa shape index (κ2) is 9.29. The molecule has 0 fully saturated rings. The molecule has 7 heteroatoms. The van der Waals surface area contributed by atoms with E-state index in [2.05, 4.69) is 5.32 Å². The Balaban J connectivity index is 1.73. The Morgan fingerprint density at radius 1 is 1.12 bits per heavy atom. The van der Waals surface area contributed by atoms with Gasteiger partial charge in [0, 0.05) is 37.6 Å². The first kappa shape index (κ1) is 19.8. The number of nitrogens with zero attached hydrogens (tertiary/aromatic N) is 1. The molecule has 2 rings (SSSR count). The van der Waals surface area contributed by atoms with Crippen LogP contribution in [0.4, 0.5) is 8.78 Å². The van der Waals surface area contributed by atoms with Gasteiger partial charge in [0.25, 0.3) is 5.91 Å². The summed E-state index contributed by atoms with van der Waals surface area (Å²) in [6.07, 6.45) is 0.661. The van der Waals surface area contributed by atoms with Crippen LogP contribution in [-0.2, 0) is 11.3 Å². The van der Waals surface area contributed by atoms with Crippen molar-refractivity contribution in [1.82, 2.24) is 10.2 Å². The molecule has 138 valence electrons. The summed E-state index contributed by atoms with van der Waals surface area (Å²) in [5.41, 5.74) is 0.739. The molecule has 0 atom stereocenters. The maximum Gasteiger partial charge on any atom is 0.254 e. The van der Waals surface area contributed by atoms with Crippen LogP contribution in [0.25, 0.3) is 0 Å². The van der Waals surface area contributed by atoms with E-state index in [9.17, 15) is 18.4 Å². The number of carbonyl (C=O) groups is 2. The quantitative estimate of drug-likeness (QED) is 0.743. The van der Waals surface area contributed by atoms with Gasteiger partial charge in [0.1, 0.15) is 11.6 Å². The fourth-order valence-corrected chi connectivity index (χ4v) is 2.48. The maximum absolute atomic E-state index is 13.5. The molecule has 1 N–H and O–H groups in total. The molecule has 0 bridgehead atoms. The largest absolute Gasteiger partial charge is 0.352 e. The van der Waals surface area contributed by atoms with Gasteiger partial charge in [0.15, 0.2) is 0 Å². The number of rotatable bonds is 7. The highest BCUT2D eigenvalue weighted by atomic mass is 35.5. The lowest BCUT2D eigenvalue weighted by Gasteiger charge is -2.17. The van der Waals surface area contributed by atoms with Crippen molar-refractivity contribution in [3.05, 3.63) is 70.2 Å². The van der Waals surface area contributed by atoms with E-state index >= 15 is 0 Å².